The molecule has 0 aliphatic rings. The first-order valence-corrected chi connectivity index (χ1v) is 6.66. The summed E-state index contributed by atoms with van der Waals surface area (Å²) in [5.41, 5.74) is 7.07. The van der Waals surface area contributed by atoms with Gasteiger partial charge in [0.15, 0.2) is 5.78 Å². The number of halogens is 3. The Bertz CT molecular complexity index is 645. The van der Waals surface area contributed by atoms with Gasteiger partial charge in [0.1, 0.15) is 5.82 Å². The van der Waals surface area contributed by atoms with Crippen molar-refractivity contribution in [1.82, 2.24) is 0 Å². The molecular formula is C14H10BrClFNO. The molecule has 0 atom stereocenters. The fourth-order valence-electron chi connectivity index (χ4n) is 1.70. The molecule has 0 radical (unpaired) electrons. The molecule has 0 saturated carbocycles. The number of nitrogen functional groups attached to an aromatic ring is 1. The van der Waals surface area contributed by atoms with E-state index in [-0.39, 0.29) is 12.2 Å². The highest BCUT2D eigenvalue weighted by Crippen LogP contribution is 2.24. The van der Waals surface area contributed by atoms with E-state index in [1.54, 1.807) is 18.2 Å². The van der Waals surface area contributed by atoms with Crippen molar-refractivity contribution in [1.29, 1.82) is 0 Å². The minimum Gasteiger partial charge on any atom is -0.399 e. The fourth-order valence-corrected chi connectivity index (χ4v) is 2.36. The number of carbonyl (C=O) groups excluding carboxylic acids is 1. The maximum atomic E-state index is 13.1. The SMILES string of the molecule is Nc1ccc(Br)c(C(=O)Cc2cc(F)ccc2Cl)c1. The van der Waals surface area contributed by atoms with E-state index in [0.717, 1.165) is 0 Å². The molecule has 0 unspecified atom stereocenters. The number of ketones is 1. The third-order valence-electron chi connectivity index (χ3n) is 2.65. The summed E-state index contributed by atoms with van der Waals surface area (Å²) in [6, 6.07) is 8.94. The highest BCUT2D eigenvalue weighted by molar-refractivity contribution is 9.10. The lowest BCUT2D eigenvalue weighted by atomic mass is 10.0. The summed E-state index contributed by atoms with van der Waals surface area (Å²) in [4.78, 5) is 12.2. The van der Waals surface area contributed by atoms with Crippen LogP contribution >= 0.6 is 27.5 Å². The molecular weight excluding hydrogens is 333 g/mol. The number of rotatable bonds is 3. The van der Waals surface area contributed by atoms with Gasteiger partial charge in [0.05, 0.1) is 0 Å². The van der Waals surface area contributed by atoms with Crippen molar-refractivity contribution in [3.8, 4) is 0 Å². The Balaban J connectivity index is 2.30. The molecule has 2 aromatic rings. The normalized spacial score (nSPS) is 10.5. The molecule has 5 heteroatoms. The predicted octanol–water partition coefficient (Wildman–Crippen LogP) is 4.25. The Labute approximate surface area is 123 Å². The van der Waals surface area contributed by atoms with Gasteiger partial charge in [0.25, 0.3) is 0 Å². The van der Waals surface area contributed by atoms with Crippen LogP contribution in [0.4, 0.5) is 10.1 Å². The molecule has 0 amide bonds. The van der Waals surface area contributed by atoms with Crippen molar-refractivity contribution in [2.45, 2.75) is 6.42 Å². The van der Waals surface area contributed by atoms with Gasteiger partial charge >= 0.3 is 0 Å². The zero-order valence-electron chi connectivity index (χ0n) is 9.79. The van der Waals surface area contributed by atoms with E-state index in [1.165, 1.54) is 18.2 Å². The molecule has 2 nitrogen and oxygen atoms in total. The standard InChI is InChI=1S/C14H10BrClFNO/c15-12-3-2-10(18)7-11(12)14(19)6-8-5-9(17)1-4-13(8)16/h1-5,7H,6,18H2. The van der Waals surface area contributed by atoms with Crippen molar-refractivity contribution < 1.29 is 9.18 Å². The molecule has 0 aliphatic carbocycles. The second kappa shape index (κ2) is 5.72. The average Bonchev–Trinajstić information content (AvgIpc) is 2.36. The topological polar surface area (TPSA) is 43.1 Å². The summed E-state index contributed by atoms with van der Waals surface area (Å²) in [7, 11) is 0. The minimum atomic E-state index is -0.418. The lowest BCUT2D eigenvalue weighted by Crippen LogP contribution is -2.06. The first-order chi connectivity index (χ1) is 8.97. The van der Waals surface area contributed by atoms with Crippen LogP contribution in [0.25, 0.3) is 0 Å². The first kappa shape index (κ1) is 14.0. The summed E-state index contributed by atoms with van der Waals surface area (Å²) in [5.74, 6) is -0.592. The first-order valence-electron chi connectivity index (χ1n) is 5.49. The summed E-state index contributed by atoms with van der Waals surface area (Å²) in [6.07, 6.45) is 0.0264. The number of anilines is 1. The van der Waals surface area contributed by atoms with Gasteiger partial charge in [-0.1, -0.05) is 27.5 Å². The van der Waals surface area contributed by atoms with E-state index in [1.807, 2.05) is 0 Å². The van der Waals surface area contributed by atoms with Crippen LogP contribution in [0.5, 0.6) is 0 Å². The zero-order valence-corrected chi connectivity index (χ0v) is 12.1. The van der Waals surface area contributed by atoms with Gasteiger partial charge in [-0.05, 0) is 42.0 Å². The van der Waals surface area contributed by atoms with Crippen LogP contribution in [0.1, 0.15) is 15.9 Å². The second-order valence-corrected chi connectivity index (χ2v) is 5.34. The van der Waals surface area contributed by atoms with E-state index in [0.29, 0.717) is 26.3 Å². The minimum absolute atomic E-state index is 0.0264. The molecule has 2 N–H and O–H groups in total. The molecule has 0 aliphatic heterocycles. The number of nitrogens with two attached hydrogens (primary N) is 1. The third-order valence-corrected chi connectivity index (χ3v) is 3.71. The number of hydrogen-bond acceptors (Lipinski definition) is 2. The van der Waals surface area contributed by atoms with E-state index in [4.69, 9.17) is 17.3 Å². The molecule has 0 aromatic heterocycles. The molecule has 0 fully saturated rings. The Kier molecular flexibility index (Phi) is 4.22. The highest BCUT2D eigenvalue weighted by Gasteiger charge is 2.13. The molecule has 0 heterocycles. The monoisotopic (exact) mass is 341 g/mol. The predicted molar refractivity (Wildman–Crippen MR) is 78.0 cm³/mol. The van der Waals surface area contributed by atoms with E-state index < -0.39 is 5.82 Å². The number of benzene rings is 2. The van der Waals surface area contributed by atoms with Crippen LogP contribution in [0, 0.1) is 5.82 Å². The van der Waals surface area contributed by atoms with Gasteiger partial charge in [-0.25, -0.2) is 4.39 Å². The summed E-state index contributed by atoms with van der Waals surface area (Å²) in [5, 5.41) is 0.370. The molecule has 0 spiro atoms. The van der Waals surface area contributed by atoms with Crippen LogP contribution in [-0.2, 0) is 6.42 Å². The van der Waals surface area contributed by atoms with E-state index in [2.05, 4.69) is 15.9 Å². The molecule has 2 rings (SSSR count). The third kappa shape index (κ3) is 3.33. The second-order valence-electron chi connectivity index (χ2n) is 4.07. The van der Waals surface area contributed by atoms with Gasteiger partial charge in [-0.15, -0.1) is 0 Å². The molecule has 0 bridgehead atoms. The maximum absolute atomic E-state index is 13.1. The highest BCUT2D eigenvalue weighted by atomic mass is 79.9. The quantitative estimate of drug-likeness (QED) is 0.669. The molecule has 0 saturated heterocycles. The van der Waals surface area contributed by atoms with Crippen molar-refractivity contribution in [2.75, 3.05) is 5.73 Å². The molecule has 19 heavy (non-hydrogen) atoms. The van der Waals surface area contributed by atoms with Gasteiger partial charge in [0, 0.05) is 27.2 Å². The zero-order chi connectivity index (χ0) is 14.0. The molecule has 98 valence electrons. The Hall–Kier alpha value is -1.39. The lowest BCUT2D eigenvalue weighted by Gasteiger charge is -2.07. The van der Waals surface area contributed by atoms with Gasteiger partial charge in [0.2, 0.25) is 0 Å². The van der Waals surface area contributed by atoms with Crippen LogP contribution in [-0.4, -0.2) is 5.78 Å². The molecule has 2 aromatic carbocycles. The van der Waals surface area contributed by atoms with Gasteiger partial charge in [-0.2, -0.15) is 0 Å². The van der Waals surface area contributed by atoms with Gasteiger partial charge < -0.3 is 5.73 Å². The van der Waals surface area contributed by atoms with Crippen molar-refractivity contribution in [3.05, 3.63) is 62.8 Å². The van der Waals surface area contributed by atoms with Crippen LogP contribution in [0.2, 0.25) is 5.02 Å². The summed E-state index contributed by atoms with van der Waals surface area (Å²) >= 11 is 9.24. The number of hydrogen-bond donors (Lipinski definition) is 1. The summed E-state index contributed by atoms with van der Waals surface area (Å²) < 4.78 is 13.8. The maximum Gasteiger partial charge on any atom is 0.168 e. The van der Waals surface area contributed by atoms with E-state index in [9.17, 15) is 9.18 Å². The fraction of sp³-hybridized carbons (Fsp3) is 0.0714. The Morgan fingerprint density at radius 3 is 2.74 bits per heavy atom. The van der Waals surface area contributed by atoms with Crippen molar-refractivity contribution >= 4 is 39.0 Å². The number of Topliss-reactive ketones (excluding diaryl/α,β-unsaturated/α-hetero) is 1. The van der Waals surface area contributed by atoms with Crippen LogP contribution < -0.4 is 5.73 Å². The number of carbonyl (C=O) groups is 1. The lowest BCUT2D eigenvalue weighted by molar-refractivity contribution is 0.0992. The average molecular weight is 343 g/mol. The van der Waals surface area contributed by atoms with Crippen molar-refractivity contribution in [2.24, 2.45) is 0 Å². The largest absolute Gasteiger partial charge is 0.399 e. The van der Waals surface area contributed by atoms with Crippen LogP contribution in [0.15, 0.2) is 40.9 Å². The summed E-state index contributed by atoms with van der Waals surface area (Å²) in [6.45, 7) is 0. The van der Waals surface area contributed by atoms with Crippen LogP contribution in [0.3, 0.4) is 0 Å². The smallest absolute Gasteiger partial charge is 0.168 e. The van der Waals surface area contributed by atoms with Crippen molar-refractivity contribution in [3.63, 3.8) is 0 Å². The van der Waals surface area contributed by atoms with Gasteiger partial charge in [-0.3, -0.25) is 4.79 Å². The van der Waals surface area contributed by atoms with E-state index >= 15 is 0 Å². The Morgan fingerprint density at radius 1 is 1.26 bits per heavy atom. The Morgan fingerprint density at radius 2 is 2.00 bits per heavy atom.